The van der Waals surface area contributed by atoms with Crippen molar-refractivity contribution in [2.75, 3.05) is 0 Å². The monoisotopic (exact) mass is 250 g/mol. The van der Waals surface area contributed by atoms with Gasteiger partial charge in [-0.25, -0.2) is 0 Å². The zero-order valence-electron chi connectivity index (χ0n) is 10.1. The molecule has 5 heteroatoms. The van der Waals surface area contributed by atoms with Gasteiger partial charge in [-0.3, -0.25) is 14.4 Å². The topological polar surface area (TPSA) is 91.7 Å². The standard InChI is InChI=1S/C13H14O5/c1-7(14)10(8(2)15)6-13(18)11-5-9(16)3-4-12(11)17/h3-5,10,16-17H,6H2,1-2H3. The zero-order chi connectivity index (χ0) is 13.9. The minimum Gasteiger partial charge on any atom is -0.508 e. The van der Waals surface area contributed by atoms with Crippen molar-refractivity contribution in [3.8, 4) is 11.5 Å². The van der Waals surface area contributed by atoms with E-state index in [4.69, 9.17) is 0 Å². The summed E-state index contributed by atoms with van der Waals surface area (Å²) in [6.45, 7) is 2.48. The molecule has 96 valence electrons. The van der Waals surface area contributed by atoms with Crippen molar-refractivity contribution in [3.63, 3.8) is 0 Å². The number of benzene rings is 1. The van der Waals surface area contributed by atoms with E-state index in [0.29, 0.717) is 0 Å². The van der Waals surface area contributed by atoms with E-state index < -0.39 is 23.3 Å². The Morgan fingerprint density at radius 1 is 1.11 bits per heavy atom. The van der Waals surface area contributed by atoms with E-state index >= 15 is 0 Å². The van der Waals surface area contributed by atoms with Gasteiger partial charge in [0.1, 0.15) is 23.1 Å². The fourth-order valence-corrected chi connectivity index (χ4v) is 1.62. The molecule has 0 saturated heterocycles. The largest absolute Gasteiger partial charge is 0.508 e. The number of carbonyl (C=O) groups excluding carboxylic acids is 3. The van der Waals surface area contributed by atoms with Crippen LogP contribution >= 0.6 is 0 Å². The lowest BCUT2D eigenvalue weighted by atomic mass is 9.92. The molecule has 0 spiro atoms. The molecule has 1 aromatic carbocycles. The molecule has 0 aromatic heterocycles. The third kappa shape index (κ3) is 3.16. The maximum absolute atomic E-state index is 11.9. The Hall–Kier alpha value is -2.17. The van der Waals surface area contributed by atoms with Crippen LogP contribution in [0.3, 0.4) is 0 Å². The van der Waals surface area contributed by atoms with Gasteiger partial charge in [-0.2, -0.15) is 0 Å². The van der Waals surface area contributed by atoms with Crippen molar-refractivity contribution < 1.29 is 24.6 Å². The summed E-state index contributed by atoms with van der Waals surface area (Å²) in [4.78, 5) is 34.3. The van der Waals surface area contributed by atoms with Crippen LogP contribution in [0, 0.1) is 5.92 Å². The van der Waals surface area contributed by atoms with Crippen molar-refractivity contribution in [1.29, 1.82) is 0 Å². The maximum Gasteiger partial charge on any atom is 0.167 e. The molecule has 0 radical (unpaired) electrons. The molecule has 0 saturated carbocycles. The third-order valence-corrected chi connectivity index (χ3v) is 2.65. The first-order chi connectivity index (χ1) is 8.32. The highest BCUT2D eigenvalue weighted by Crippen LogP contribution is 2.24. The molecule has 2 N–H and O–H groups in total. The van der Waals surface area contributed by atoms with Gasteiger partial charge in [0.25, 0.3) is 0 Å². The van der Waals surface area contributed by atoms with Crippen LogP contribution < -0.4 is 0 Å². The predicted octanol–water partition coefficient (Wildman–Crippen LogP) is 1.46. The number of phenols is 2. The van der Waals surface area contributed by atoms with Crippen molar-refractivity contribution in [3.05, 3.63) is 23.8 Å². The Balaban J connectivity index is 2.97. The minimum atomic E-state index is -1.00. The van der Waals surface area contributed by atoms with Crippen molar-refractivity contribution in [2.45, 2.75) is 20.3 Å². The number of phenolic OH excluding ortho intramolecular Hbond substituents is 2. The minimum absolute atomic E-state index is 0.0949. The number of hydrogen-bond donors (Lipinski definition) is 2. The molecule has 0 aliphatic carbocycles. The molecule has 0 heterocycles. The summed E-state index contributed by atoms with van der Waals surface area (Å²) < 4.78 is 0. The molecule has 0 aliphatic rings. The van der Waals surface area contributed by atoms with Crippen LogP contribution in [-0.4, -0.2) is 27.6 Å². The van der Waals surface area contributed by atoms with Gasteiger partial charge in [0.2, 0.25) is 0 Å². The Morgan fingerprint density at radius 3 is 2.17 bits per heavy atom. The first-order valence-corrected chi connectivity index (χ1v) is 5.39. The number of Topliss-reactive ketones (excluding diaryl/α,β-unsaturated/α-hetero) is 3. The summed E-state index contributed by atoms with van der Waals surface area (Å²) in [6.07, 6.45) is -0.304. The lowest BCUT2D eigenvalue weighted by Gasteiger charge is -2.10. The van der Waals surface area contributed by atoms with Crippen LogP contribution in [-0.2, 0) is 9.59 Å². The Morgan fingerprint density at radius 2 is 1.67 bits per heavy atom. The van der Waals surface area contributed by atoms with Gasteiger partial charge in [0.15, 0.2) is 5.78 Å². The lowest BCUT2D eigenvalue weighted by molar-refractivity contribution is -0.130. The van der Waals surface area contributed by atoms with Crippen LogP contribution in [0.25, 0.3) is 0 Å². The summed E-state index contributed by atoms with van der Waals surface area (Å²) in [6, 6.07) is 3.52. The first kappa shape index (κ1) is 13.9. The molecule has 0 fully saturated rings. The van der Waals surface area contributed by atoms with E-state index in [-0.39, 0.29) is 23.5 Å². The lowest BCUT2D eigenvalue weighted by Crippen LogP contribution is -2.23. The molecule has 0 aliphatic heterocycles. The number of ketones is 3. The number of hydrogen-bond acceptors (Lipinski definition) is 5. The molecular weight excluding hydrogens is 236 g/mol. The molecule has 5 nitrogen and oxygen atoms in total. The fourth-order valence-electron chi connectivity index (χ4n) is 1.62. The molecule has 0 amide bonds. The summed E-state index contributed by atoms with van der Waals surface area (Å²) >= 11 is 0. The number of rotatable bonds is 5. The molecule has 1 rings (SSSR count). The Labute approximate surface area is 104 Å². The van der Waals surface area contributed by atoms with Gasteiger partial charge in [-0.15, -0.1) is 0 Å². The van der Waals surface area contributed by atoms with Crippen molar-refractivity contribution in [1.82, 2.24) is 0 Å². The average Bonchev–Trinajstić information content (AvgIpc) is 2.28. The highest BCUT2D eigenvalue weighted by atomic mass is 16.3. The van der Waals surface area contributed by atoms with E-state index in [1.165, 1.54) is 26.0 Å². The Kier molecular flexibility index (Phi) is 4.20. The maximum atomic E-state index is 11.9. The highest BCUT2D eigenvalue weighted by Gasteiger charge is 2.24. The van der Waals surface area contributed by atoms with E-state index in [9.17, 15) is 24.6 Å². The molecular formula is C13H14O5. The number of aromatic hydroxyl groups is 2. The quantitative estimate of drug-likeness (QED) is 0.469. The molecule has 0 bridgehead atoms. The van der Waals surface area contributed by atoms with E-state index in [2.05, 4.69) is 0 Å². The van der Waals surface area contributed by atoms with Gasteiger partial charge in [-0.1, -0.05) is 0 Å². The average molecular weight is 250 g/mol. The normalized spacial score (nSPS) is 10.4. The number of carbonyl (C=O) groups is 3. The van der Waals surface area contributed by atoms with E-state index in [1.54, 1.807) is 0 Å². The molecule has 0 atom stereocenters. The summed E-state index contributed by atoms with van der Waals surface area (Å²) in [5.41, 5.74) is -0.0949. The van der Waals surface area contributed by atoms with E-state index in [0.717, 1.165) is 6.07 Å². The second-order valence-corrected chi connectivity index (χ2v) is 4.10. The van der Waals surface area contributed by atoms with Gasteiger partial charge in [-0.05, 0) is 32.0 Å². The third-order valence-electron chi connectivity index (χ3n) is 2.65. The van der Waals surface area contributed by atoms with Gasteiger partial charge in [0.05, 0.1) is 11.5 Å². The fraction of sp³-hybridized carbons (Fsp3) is 0.308. The summed E-state index contributed by atoms with van der Waals surface area (Å²) in [7, 11) is 0. The van der Waals surface area contributed by atoms with Gasteiger partial charge in [0, 0.05) is 6.42 Å². The van der Waals surface area contributed by atoms with Crippen molar-refractivity contribution in [2.24, 2.45) is 5.92 Å². The van der Waals surface area contributed by atoms with Crippen LogP contribution in [0.4, 0.5) is 0 Å². The van der Waals surface area contributed by atoms with Crippen LogP contribution in [0.15, 0.2) is 18.2 Å². The second kappa shape index (κ2) is 5.44. The second-order valence-electron chi connectivity index (χ2n) is 4.10. The summed E-state index contributed by atoms with van der Waals surface area (Å²) in [5.74, 6) is -2.80. The van der Waals surface area contributed by atoms with Gasteiger partial charge < -0.3 is 10.2 Å². The summed E-state index contributed by atoms with van der Waals surface area (Å²) in [5, 5.41) is 18.7. The smallest absolute Gasteiger partial charge is 0.167 e. The Bertz CT molecular complexity index is 490. The van der Waals surface area contributed by atoms with E-state index in [1.807, 2.05) is 0 Å². The SMILES string of the molecule is CC(=O)C(CC(=O)c1cc(O)ccc1O)C(C)=O. The molecule has 18 heavy (non-hydrogen) atoms. The first-order valence-electron chi connectivity index (χ1n) is 5.39. The van der Waals surface area contributed by atoms with Crippen molar-refractivity contribution >= 4 is 17.3 Å². The molecule has 1 aromatic rings. The van der Waals surface area contributed by atoms with Crippen LogP contribution in [0.2, 0.25) is 0 Å². The van der Waals surface area contributed by atoms with Crippen LogP contribution in [0.1, 0.15) is 30.6 Å². The zero-order valence-corrected chi connectivity index (χ0v) is 10.1. The highest BCUT2D eigenvalue weighted by molar-refractivity contribution is 6.07. The van der Waals surface area contributed by atoms with Gasteiger partial charge >= 0.3 is 0 Å². The molecule has 0 unspecified atom stereocenters. The predicted molar refractivity (Wildman–Crippen MR) is 63.6 cm³/mol. The van der Waals surface area contributed by atoms with Crippen LogP contribution in [0.5, 0.6) is 11.5 Å².